The van der Waals surface area contributed by atoms with Gasteiger partial charge in [0.05, 0.1) is 5.92 Å². The topological polar surface area (TPSA) is 37.3 Å². The van der Waals surface area contributed by atoms with Gasteiger partial charge in [-0.05, 0) is 6.92 Å². The van der Waals surface area contributed by atoms with Gasteiger partial charge >= 0.3 is 24.5 Å². The average molecular weight is 304 g/mol. The molecule has 0 radical (unpaired) electrons. The van der Waals surface area contributed by atoms with E-state index < -0.39 is 41.2 Å². The summed E-state index contributed by atoms with van der Waals surface area (Å²) in [5.41, 5.74) is -9.76. The Hall–Kier alpha value is -1.16. The van der Waals surface area contributed by atoms with Gasteiger partial charge in [-0.1, -0.05) is 0 Å². The first-order chi connectivity index (χ1) is 8.07. The van der Waals surface area contributed by atoms with Gasteiger partial charge in [0.2, 0.25) is 0 Å². The van der Waals surface area contributed by atoms with Crippen LogP contribution in [0.1, 0.15) is 6.92 Å². The van der Waals surface area contributed by atoms with Crippen molar-refractivity contribution in [2.24, 2.45) is 16.7 Å². The van der Waals surface area contributed by atoms with Crippen LogP contribution in [0.2, 0.25) is 0 Å². The zero-order chi connectivity index (χ0) is 15.7. The molecule has 1 rings (SSSR count). The molecule has 0 heterocycles. The molecule has 0 aromatic heterocycles. The molecule has 1 N–H and O–H groups in total. The summed E-state index contributed by atoms with van der Waals surface area (Å²) in [5, 5.41) is 8.31. The summed E-state index contributed by atoms with van der Waals surface area (Å²) >= 11 is 0. The monoisotopic (exact) mass is 304 g/mol. The van der Waals surface area contributed by atoms with Crippen LogP contribution in [0.4, 0.5) is 39.5 Å². The van der Waals surface area contributed by atoms with E-state index in [0.29, 0.717) is 0 Å². The highest BCUT2D eigenvalue weighted by molar-refractivity contribution is 5.78. The Balaban J connectivity index is 3.63. The van der Waals surface area contributed by atoms with Crippen LogP contribution in [0.15, 0.2) is 0 Å². The average Bonchev–Trinajstić information content (AvgIpc) is 2.65. The van der Waals surface area contributed by atoms with Crippen LogP contribution in [0, 0.1) is 16.7 Å². The van der Waals surface area contributed by atoms with Gasteiger partial charge in [0.1, 0.15) is 5.41 Å². The van der Waals surface area contributed by atoms with Gasteiger partial charge in [0, 0.05) is 0 Å². The van der Waals surface area contributed by atoms with Crippen molar-refractivity contribution in [1.82, 2.24) is 0 Å². The normalized spacial score (nSPS) is 31.2. The fourth-order valence-corrected chi connectivity index (χ4v) is 2.52. The number of carboxylic acid groups (broad SMARTS) is 1. The number of hydrogen-bond donors (Lipinski definition) is 1. The summed E-state index contributed by atoms with van der Waals surface area (Å²) in [6.07, 6.45) is -18.8. The molecule has 0 aromatic carbocycles. The third-order valence-corrected chi connectivity index (χ3v) is 3.48. The van der Waals surface area contributed by atoms with Crippen molar-refractivity contribution < 1.29 is 49.4 Å². The fourth-order valence-electron chi connectivity index (χ4n) is 2.52. The Labute approximate surface area is 98.7 Å². The maximum atomic E-state index is 12.5. The molecule has 2 nitrogen and oxygen atoms in total. The van der Waals surface area contributed by atoms with Crippen molar-refractivity contribution in [3.05, 3.63) is 0 Å². The third kappa shape index (κ3) is 1.55. The number of rotatable bonds is 1. The Morgan fingerprint density at radius 1 is 0.895 bits per heavy atom. The molecule has 1 aliphatic carbocycles. The first-order valence-corrected chi connectivity index (χ1v) is 4.49. The second-order valence-corrected chi connectivity index (χ2v) is 4.27. The van der Waals surface area contributed by atoms with Crippen LogP contribution >= 0.6 is 0 Å². The van der Waals surface area contributed by atoms with E-state index in [4.69, 9.17) is 5.11 Å². The Kier molecular flexibility index (Phi) is 2.91. The zero-order valence-corrected chi connectivity index (χ0v) is 8.83. The van der Waals surface area contributed by atoms with Crippen molar-refractivity contribution in [3.8, 4) is 0 Å². The maximum Gasteiger partial charge on any atom is 0.404 e. The maximum absolute atomic E-state index is 12.5. The minimum Gasteiger partial charge on any atom is -0.481 e. The number of carboxylic acids is 1. The first-order valence-electron chi connectivity index (χ1n) is 4.49. The first kappa shape index (κ1) is 15.9. The number of alkyl halides is 9. The van der Waals surface area contributed by atoms with E-state index in [1.54, 1.807) is 0 Å². The summed E-state index contributed by atoms with van der Waals surface area (Å²) < 4.78 is 113. The van der Waals surface area contributed by atoms with Crippen LogP contribution in [0.3, 0.4) is 0 Å². The molecule has 19 heavy (non-hydrogen) atoms. The standard InChI is InChI=1S/C8H5F9O2/c1-4(6(9,10)11)2(3(18)19)5(4,7(12,13)14)8(15,16)17/h2H,1H3,(H,18,19). The van der Waals surface area contributed by atoms with Crippen molar-refractivity contribution in [2.45, 2.75) is 25.5 Å². The lowest BCUT2D eigenvalue weighted by molar-refractivity contribution is -0.336. The minimum absolute atomic E-state index is 0.382. The summed E-state index contributed by atoms with van der Waals surface area (Å²) in [7, 11) is 0. The third-order valence-electron chi connectivity index (χ3n) is 3.48. The van der Waals surface area contributed by atoms with Crippen LogP contribution in [-0.2, 0) is 4.79 Å². The quantitative estimate of drug-likeness (QED) is 0.754. The highest BCUT2D eigenvalue weighted by atomic mass is 19.4. The largest absolute Gasteiger partial charge is 0.481 e. The summed E-state index contributed by atoms with van der Waals surface area (Å²) in [6, 6.07) is 0. The highest BCUT2D eigenvalue weighted by Crippen LogP contribution is 2.85. The van der Waals surface area contributed by atoms with Gasteiger partial charge in [-0.3, -0.25) is 4.79 Å². The molecule has 0 aromatic rings. The van der Waals surface area contributed by atoms with Gasteiger partial charge < -0.3 is 5.11 Å². The molecule has 2 atom stereocenters. The fraction of sp³-hybridized carbons (Fsp3) is 0.875. The number of hydrogen-bond acceptors (Lipinski definition) is 1. The Morgan fingerprint density at radius 3 is 1.26 bits per heavy atom. The smallest absolute Gasteiger partial charge is 0.404 e. The van der Waals surface area contributed by atoms with E-state index in [1.165, 1.54) is 0 Å². The van der Waals surface area contributed by atoms with Crippen LogP contribution in [0.5, 0.6) is 0 Å². The predicted octanol–water partition coefficient (Wildman–Crippen LogP) is 3.38. The minimum atomic E-state index is -6.39. The van der Waals surface area contributed by atoms with Crippen molar-refractivity contribution in [2.75, 3.05) is 0 Å². The number of halogens is 9. The Bertz CT molecular complexity index is 390. The molecule has 0 spiro atoms. The van der Waals surface area contributed by atoms with Gasteiger partial charge in [0.15, 0.2) is 5.41 Å². The van der Waals surface area contributed by atoms with E-state index in [9.17, 15) is 44.3 Å². The van der Waals surface area contributed by atoms with Gasteiger partial charge in [-0.25, -0.2) is 0 Å². The molecule has 112 valence electrons. The van der Waals surface area contributed by atoms with Gasteiger partial charge in [0.25, 0.3) is 0 Å². The molecule has 2 unspecified atom stereocenters. The molecular formula is C8H5F9O2. The molecular weight excluding hydrogens is 299 g/mol. The molecule has 11 heteroatoms. The molecule has 1 aliphatic rings. The van der Waals surface area contributed by atoms with Crippen molar-refractivity contribution in [1.29, 1.82) is 0 Å². The second-order valence-electron chi connectivity index (χ2n) is 4.27. The predicted molar refractivity (Wildman–Crippen MR) is 39.8 cm³/mol. The summed E-state index contributed by atoms with van der Waals surface area (Å²) in [5.74, 6) is -6.45. The lowest BCUT2D eigenvalue weighted by atomic mass is 9.92. The molecule has 0 amide bonds. The van der Waals surface area contributed by atoms with E-state index >= 15 is 0 Å². The van der Waals surface area contributed by atoms with Gasteiger partial charge in [-0.15, -0.1) is 0 Å². The SMILES string of the molecule is CC1(C(F)(F)F)C(C(=O)O)C1(C(F)(F)F)C(F)(F)F. The molecule has 1 fully saturated rings. The van der Waals surface area contributed by atoms with Crippen LogP contribution < -0.4 is 0 Å². The lowest BCUT2D eigenvalue weighted by Gasteiger charge is -2.28. The summed E-state index contributed by atoms with van der Waals surface area (Å²) in [4.78, 5) is 10.4. The Morgan fingerprint density at radius 2 is 1.21 bits per heavy atom. The number of carbonyl (C=O) groups is 1. The van der Waals surface area contributed by atoms with E-state index in [2.05, 4.69) is 0 Å². The van der Waals surface area contributed by atoms with Crippen LogP contribution in [-0.4, -0.2) is 29.6 Å². The van der Waals surface area contributed by atoms with E-state index in [-0.39, 0.29) is 6.92 Å². The molecule has 0 bridgehead atoms. The molecule has 0 saturated heterocycles. The van der Waals surface area contributed by atoms with E-state index in [0.717, 1.165) is 0 Å². The molecule has 1 saturated carbocycles. The van der Waals surface area contributed by atoms with Gasteiger partial charge in [-0.2, -0.15) is 39.5 Å². The van der Waals surface area contributed by atoms with Crippen molar-refractivity contribution in [3.63, 3.8) is 0 Å². The highest BCUT2D eigenvalue weighted by Gasteiger charge is 3.03. The molecule has 0 aliphatic heterocycles. The lowest BCUT2D eigenvalue weighted by Crippen LogP contribution is -2.47. The summed E-state index contributed by atoms with van der Waals surface area (Å²) in [6.45, 7) is -0.382. The van der Waals surface area contributed by atoms with Crippen LogP contribution in [0.25, 0.3) is 0 Å². The second kappa shape index (κ2) is 3.48. The zero-order valence-electron chi connectivity index (χ0n) is 8.83. The number of aliphatic carboxylic acids is 1. The van der Waals surface area contributed by atoms with Crippen molar-refractivity contribution >= 4 is 5.97 Å². The van der Waals surface area contributed by atoms with E-state index in [1.807, 2.05) is 0 Å².